The molecule has 0 bridgehead atoms. The van der Waals surface area contributed by atoms with Crippen LogP contribution in [0.25, 0.3) is 0 Å². The molecule has 120 valence electrons. The van der Waals surface area contributed by atoms with Gasteiger partial charge in [-0.1, -0.05) is 46.3 Å². The van der Waals surface area contributed by atoms with Crippen molar-refractivity contribution < 1.29 is 18.7 Å². The van der Waals surface area contributed by atoms with E-state index in [0.29, 0.717) is 4.47 Å². The van der Waals surface area contributed by atoms with E-state index in [4.69, 9.17) is 0 Å². The molecule has 2 aromatic rings. The van der Waals surface area contributed by atoms with E-state index in [2.05, 4.69) is 20.7 Å². The molecule has 0 N–H and O–H groups in total. The van der Waals surface area contributed by atoms with Crippen molar-refractivity contribution in [2.45, 2.75) is 6.54 Å². The minimum Gasteiger partial charge on any atom is -0.468 e. The van der Waals surface area contributed by atoms with Crippen molar-refractivity contribution >= 4 is 27.8 Å². The van der Waals surface area contributed by atoms with Gasteiger partial charge in [-0.3, -0.25) is 9.59 Å². The number of hydrogen-bond donors (Lipinski definition) is 0. The van der Waals surface area contributed by atoms with Crippen LogP contribution in [0.1, 0.15) is 15.9 Å². The molecule has 0 radical (unpaired) electrons. The zero-order chi connectivity index (χ0) is 16.8. The first-order chi connectivity index (χ1) is 11.0. The van der Waals surface area contributed by atoms with Crippen LogP contribution in [0.4, 0.5) is 4.39 Å². The smallest absolute Gasteiger partial charge is 0.325 e. The standard InChI is InChI=1S/C17H15BrFNO3/c1-23-16(21)11-20(10-12-5-3-2-4-6-12)17(22)14-9-13(18)7-8-15(14)19/h2-9H,10-11H2,1H3. The number of rotatable bonds is 5. The van der Waals surface area contributed by atoms with Gasteiger partial charge >= 0.3 is 5.97 Å². The lowest BCUT2D eigenvalue weighted by Crippen LogP contribution is -2.36. The van der Waals surface area contributed by atoms with E-state index < -0.39 is 17.7 Å². The van der Waals surface area contributed by atoms with E-state index in [1.54, 1.807) is 0 Å². The van der Waals surface area contributed by atoms with Crippen LogP contribution in [-0.2, 0) is 16.1 Å². The molecule has 6 heteroatoms. The van der Waals surface area contributed by atoms with Crippen LogP contribution in [0.15, 0.2) is 53.0 Å². The number of methoxy groups -OCH3 is 1. The normalized spacial score (nSPS) is 10.2. The van der Waals surface area contributed by atoms with Gasteiger partial charge in [0, 0.05) is 11.0 Å². The quantitative estimate of drug-likeness (QED) is 0.747. The van der Waals surface area contributed by atoms with Gasteiger partial charge in [0.05, 0.1) is 12.7 Å². The van der Waals surface area contributed by atoms with Gasteiger partial charge in [0.2, 0.25) is 0 Å². The lowest BCUT2D eigenvalue weighted by atomic mass is 10.1. The molecule has 2 aromatic carbocycles. The van der Waals surface area contributed by atoms with Gasteiger partial charge in [-0.05, 0) is 23.8 Å². The number of ether oxygens (including phenoxy) is 1. The van der Waals surface area contributed by atoms with Crippen LogP contribution in [0.3, 0.4) is 0 Å². The fourth-order valence-electron chi connectivity index (χ4n) is 2.06. The molecule has 0 spiro atoms. The second kappa shape index (κ2) is 7.87. The van der Waals surface area contributed by atoms with Gasteiger partial charge in [0.15, 0.2) is 0 Å². The maximum absolute atomic E-state index is 14.0. The van der Waals surface area contributed by atoms with Gasteiger partial charge in [-0.2, -0.15) is 0 Å². The number of hydrogen-bond acceptors (Lipinski definition) is 3. The number of halogens is 2. The van der Waals surface area contributed by atoms with Crippen LogP contribution in [0.2, 0.25) is 0 Å². The van der Waals surface area contributed by atoms with Crippen molar-refractivity contribution in [3.8, 4) is 0 Å². The largest absolute Gasteiger partial charge is 0.468 e. The molecule has 0 saturated heterocycles. The molecule has 0 heterocycles. The molecule has 1 amide bonds. The van der Waals surface area contributed by atoms with Crippen LogP contribution in [-0.4, -0.2) is 30.4 Å². The molecule has 0 aliphatic rings. The first-order valence-electron chi connectivity index (χ1n) is 6.86. The number of esters is 1. The highest BCUT2D eigenvalue weighted by atomic mass is 79.9. The molecule has 0 aromatic heterocycles. The molecule has 0 aliphatic carbocycles. The molecule has 23 heavy (non-hydrogen) atoms. The monoisotopic (exact) mass is 379 g/mol. The van der Waals surface area contributed by atoms with Crippen LogP contribution >= 0.6 is 15.9 Å². The van der Waals surface area contributed by atoms with Crippen LogP contribution in [0, 0.1) is 5.82 Å². The Morgan fingerprint density at radius 3 is 2.52 bits per heavy atom. The minimum atomic E-state index is -0.638. The zero-order valence-electron chi connectivity index (χ0n) is 12.5. The molecule has 4 nitrogen and oxygen atoms in total. The average molecular weight is 380 g/mol. The Bertz CT molecular complexity index is 706. The fourth-order valence-corrected chi connectivity index (χ4v) is 2.42. The van der Waals surface area contributed by atoms with Crippen molar-refractivity contribution in [2.24, 2.45) is 0 Å². The number of carbonyl (C=O) groups is 2. The summed E-state index contributed by atoms with van der Waals surface area (Å²) in [5.41, 5.74) is 0.736. The van der Waals surface area contributed by atoms with Crippen LogP contribution < -0.4 is 0 Å². The molecule has 0 unspecified atom stereocenters. The Labute approximate surface area is 142 Å². The lowest BCUT2D eigenvalue weighted by molar-refractivity contribution is -0.141. The van der Waals surface area contributed by atoms with Crippen LogP contribution in [0.5, 0.6) is 0 Å². The SMILES string of the molecule is COC(=O)CN(Cc1ccccc1)C(=O)c1cc(Br)ccc1F. The summed E-state index contributed by atoms with van der Waals surface area (Å²) < 4.78 is 19.2. The number of amides is 1. The summed E-state index contributed by atoms with van der Waals surface area (Å²) in [6.07, 6.45) is 0. The van der Waals surface area contributed by atoms with Crippen molar-refractivity contribution in [2.75, 3.05) is 13.7 Å². The third-order valence-corrected chi connectivity index (χ3v) is 3.70. The van der Waals surface area contributed by atoms with Crippen molar-refractivity contribution in [3.05, 3.63) is 69.9 Å². The molecule has 0 saturated carbocycles. The predicted octanol–water partition coefficient (Wildman–Crippen LogP) is 3.40. The molecular formula is C17H15BrFNO3. The highest BCUT2D eigenvalue weighted by molar-refractivity contribution is 9.10. The van der Waals surface area contributed by atoms with Gasteiger partial charge in [-0.25, -0.2) is 4.39 Å². The summed E-state index contributed by atoms with van der Waals surface area (Å²) in [4.78, 5) is 25.5. The Morgan fingerprint density at radius 2 is 1.87 bits per heavy atom. The van der Waals surface area contributed by atoms with Crippen molar-refractivity contribution in [1.82, 2.24) is 4.90 Å². The van der Waals surface area contributed by atoms with E-state index in [1.165, 1.54) is 30.2 Å². The minimum absolute atomic E-state index is 0.0980. The number of carbonyl (C=O) groups excluding carboxylic acids is 2. The van der Waals surface area contributed by atoms with Gasteiger partial charge in [-0.15, -0.1) is 0 Å². The lowest BCUT2D eigenvalue weighted by Gasteiger charge is -2.22. The fraction of sp³-hybridized carbons (Fsp3) is 0.176. The molecule has 0 atom stereocenters. The summed E-state index contributed by atoms with van der Waals surface area (Å²) >= 11 is 3.22. The Morgan fingerprint density at radius 1 is 1.17 bits per heavy atom. The highest BCUT2D eigenvalue weighted by Crippen LogP contribution is 2.18. The zero-order valence-corrected chi connectivity index (χ0v) is 14.0. The Balaban J connectivity index is 2.30. The predicted molar refractivity (Wildman–Crippen MR) is 87.3 cm³/mol. The molecule has 0 fully saturated rings. The van der Waals surface area contributed by atoms with Gasteiger partial charge in [0.1, 0.15) is 12.4 Å². The number of benzene rings is 2. The van der Waals surface area contributed by atoms with E-state index in [9.17, 15) is 14.0 Å². The highest BCUT2D eigenvalue weighted by Gasteiger charge is 2.22. The molecular weight excluding hydrogens is 365 g/mol. The molecule has 0 aliphatic heterocycles. The molecule has 2 rings (SSSR count). The summed E-state index contributed by atoms with van der Waals surface area (Å²) in [7, 11) is 1.24. The number of nitrogens with zero attached hydrogens (tertiary/aromatic N) is 1. The van der Waals surface area contributed by atoms with E-state index in [-0.39, 0.29) is 18.7 Å². The van der Waals surface area contributed by atoms with Gasteiger partial charge in [0.25, 0.3) is 5.91 Å². The maximum atomic E-state index is 14.0. The van der Waals surface area contributed by atoms with E-state index >= 15 is 0 Å². The summed E-state index contributed by atoms with van der Waals surface area (Å²) in [6, 6.07) is 13.3. The topological polar surface area (TPSA) is 46.6 Å². The third-order valence-electron chi connectivity index (χ3n) is 3.21. The third kappa shape index (κ3) is 4.63. The van der Waals surface area contributed by atoms with Crippen molar-refractivity contribution in [1.29, 1.82) is 0 Å². The maximum Gasteiger partial charge on any atom is 0.325 e. The summed E-state index contributed by atoms with van der Waals surface area (Å²) in [5, 5.41) is 0. The summed E-state index contributed by atoms with van der Waals surface area (Å²) in [6.45, 7) is -0.0725. The first kappa shape index (κ1) is 17.1. The second-order valence-corrected chi connectivity index (χ2v) is 5.76. The second-order valence-electron chi connectivity index (χ2n) is 4.85. The van der Waals surface area contributed by atoms with E-state index in [0.717, 1.165) is 5.56 Å². The van der Waals surface area contributed by atoms with E-state index in [1.807, 2.05) is 30.3 Å². The Kier molecular flexibility index (Phi) is 5.87. The summed E-state index contributed by atoms with van der Waals surface area (Å²) in [5.74, 6) is -1.77. The first-order valence-corrected chi connectivity index (χ1v) is 7.65. The van der Waals surface area contributed by atoms with Crippen molar-refractivity contribution in [3.63, 3.8) is 0 Å². The Hall–Kier alpha value is -2.21. The average Bonchev–Trinajstić information content (AvgIpc) is 2.56. The van der Waals surface area contributed by atoms with Gasteiger partial charge < -0.3 is 9.64 Å².